The van der Waals surface area contributed by atoms with Crippen molar-refractivity contribution < 1.29 is 14.3 Å². The lowest BCUT2D eigenvalue weighted by Gasteiger charge is -2.23. The monoisotopic (exact) mass is 410 g/mol. The van der Waals surface area contributed by atoms with Gasteiger partial charge >= 0.3 is 0 Å². The minimum Gasteiger partial charge on any atom is -0.497 e. The van der Waals surface area contributed by atoms with Gasteiger partial charge in [0.05, 0.1) is 36.4 Å². The first-order chi connectivity index (χ1) is 14.0. The molecule has 0 aliphatic carbocycles. The van der Waals surface area contributed by atoms with Crippen LogP contribution >= 0.6 is 11.3 Å². The van der Waals surface area contributed by atoms with Crippen LogP contribution in [0.15, 0.2) is 36.4 Å². The Labute approximate surface area is 175 Å². The lowest BCUT2D eigenvalue weighted by Crippen LogP contribution is -2.38. The molecule has 1 fully saturated rings. The highest BCUT2D eigenvalue weighted by molar-refractivity contribution is 7.22. The van der Waals surface area contributed by atoms with Crippen molar-refractivity contribution in [3.05, 3.63) is 53.1 Å². The smallest absolute Gasteiger partial charge is 0.233 e. The summed E-state index contributed by atoms with van der Waals surface area (Å²) in [5, 5.41) is 0.721. The highest BCUT2D eigenvalue weighted by Gasteiger charge is 2.26. The van der Waals surface area contributed by atoms with Gasteiger partial charge in [0, 0.05) is 6.61 Å². The number of anilines is 1. The van der Waals surface area contributed by atoms with Crippen molar-refractivity contribution in [2.45, 2.75) is 39.2 Å². The van der Waals surface area contributed by atoms with Gasteiger partial charge in [-0.05, 0) is 56.0 Å². The van der Waals surface area contributed by atoms with E-state index in [1.807, 2.05) is 23.1 Å². The predicted molar refractivity (Wildman–Crippen MR) is 117 cm³/mol. The van der Waals surface area contributed by atoms with Crippen LogP contribution in [0.3, 0.4) is 0 Å². The van der Waals surface area contributed by atoms with Gasteiger partial charge in [0.25, 0.3) is 0 Å². The van der Waals surface area contributed by atoms with E-state index in [9.17, 15) is 4.79 Å². The molecule has 0 radical (unpaired) electrons. The van der Waals surface area contributed by atoms with E-state index in [4.69, 9.17) is 14.5 Å². The Kier molecular flexibility index (Phi) is 5.83. The van der Waals surface area contributed by atoms with Crippen molar-refractivity contribution in [2.24, 2.45) is 0 Å². The zero-order chi connectivity index (χ0) is 20.4. The lowest BCUT2D eigenvalue weighted by molar-refractivity contribution is -0.118. The van der Waals surface area contributed by atoms with Gasteiger partial charge in [-0.15, -0.1) is 0 Å². The number of amides is 1. The van der Waals surface area contributed by atoms with Gasteiger partial charge in [-0.3, -0.25) is 9.69 Å². The number of fused-ring (bicyclic) bond motifs is 1. The van der Waals surface area contributed by atoms with Crippen molar-refractivity contribution >= 4 is 32.6 Å². The van der Waals surface area contributed by atoms with Crippen molar-refractivity contribution in [2.75, 3.05) is 25.2 Å². The first-order valence-electron chi connectivity index (χ1n) is 9.96. The van der Waals surface area contributed by atoms with E-state index in [0.717, 1.165) is 51.7 Å². The number of aromatic nitrogens is 1. The number of hydrogen-bond acceptors (Lipinski definition) is 5. The van der Waals surface area contributed by atoms with Crippen LogP contribution in [0, 0.1) is 13.8 Å². The molecule has 1 amide bonds. The van der Waals surface area contributed by atoms with E-state index < -0.39 is 0 Å². The largest absolute Gasteiger partial charge is 0.497 e. The first kappa shape index (κ1) is 19.9. The SMILES string of the molecule is COc1ccc2nc(N(CC3CCCO3)C(=O)Cc3ccc(C)cc3C)sc2c1. The standard InChI is InChI=1S/C23H26N2O3S/c1-15-6-7-17(16(2)11-15)12-22(26)25(14-19-5-4-10-28-19)23-24-20-9-8-18(27-3)13-21(20)29-23/h6-9,11,13,19H,4-5,10,12,14H2,1-3H3. The van der Waals surface area contributed by atoms with Crippen LogP contribution in [0.1, 0.15) is 29.5 Å². The summed E-state index contributed by atoms with van der Waals surface area (Å²) in [6.07, 6.45) is 2.45. The Bertz CT molecular complexity index is 1020. The van der Waals surface area contributed by atoms with E-state index in [2.05, 4.69) is 32.0 Å². The second-order valence-corrected chi connectivity index (χ2v) is 8.59. The minimum atomic E-state index is 0.0541. The third-order valence-electron chi connectivity index (χ3n) is 5.37. The number of carbonyl (C=O) groups is 1. The molecule has 1 aromatic heterocycles. The van der Waals surface area contributed by atoms with Gasteiger partial charge in [0.2, 0.25) is 5.91 Å². The molecule has 6 heteroatoms. The third-order valence-corrected chi connectivity index (χ3v) is 6.41. The summed E-state index contributed by atoms with van der Waals surface area (Å²) in [5.41, 5.74) is 4.28. The molecule has 0 N–H and O–H groups in total. The van der Waals surface area contributed by atoms with Crippen LogP contribution in [-0.2, 0) is 16.0 Å². The zero-order valence-corrected chi connectivity index (χ0v) is 17.9. The number of nitrogens with zero attached hydrogens (tertiary/aromatic N) is 2. The number of aryl methyl sites for hydroxylation is 2. The maximum absolute atomic E-state index is 13.4. The molecule has 0 bridgehead atoms. The van der Waals surface area contributed by atoms with Gasteiger partial charge in [0.15, 0.2) is 5.13 Å². The third kappa shape index (κ3) is 4.43. The molecule has 152 valence electrons. The van der Waals surface area contributed by atoms with Crippen molar-refractivity contribution in [3.8, 4) is 5.75 Å². The summed E-state index contributed by atoms with van der Waals surface area (Å²) >= 11 is 1.52. The number of rotatable bonds is 6. The average molecular weight is 411 g/mol. The molecule has 1 atom stereocenters. The molecule has 5 nitrogen and oxygen atoms in total. The van der Waals surface area contributed by atoms with Crippen LogP contribution in [0.4, 0.5) is 5.13 Å². The molecule has 1 saturated heterocycles. The summed E-state index contributed by atoms with van der Waals surface area (Å²) in [6.45, 7) is 5.43. The Hall–Kier alpha value is -2.44. The molecule has 29 heavy (non-hydrogen) atoms. The second kappa shape index (κ2) is 8.51. The lowest BCUT2D eigenvalue weighted by atomic mass is 10.0. The highest BCUT2D eigenvalue weighted by Crippen LogP contribution is 2.32. The van der Waals surface area contributed by atoms with Crippen LogP contribution in [0.2, 0.25) is 0 Å². The Morgan fingerprint density at radius 2 is 2.14 bits per heavy atom. The molecule has 3 aromatic rings. The Morgan fingerprint density at radius 1 is 1.28 bits per heavy atom. The predicted octanol–water partition coefficient (Wildman–Crippen LogP) is 4.68. The molecule has 2 heterocycles. The van der Waals surface area contributed by atoms with Crippen LogP contribution < -0.4 is 9.64 Å². The Balaban J connectivity index is 1.64. The zero-order valence-electron chi connectivity index (χ0n) is 17.1. The van der Waals surface area contributed by atoms with Gasteiger partial charge in [-0.25, -0.2) is 4.98 Å². The molecule has 0 spiro atoms. The molecular formula is C23H26N2O3S. The van der Waals surface area contributed by atoms with Crippen molar-refractivity contribution in [1.29, 1.82) is 0 Å². The number of ether oxygens (including phenoxy) is 2. The number of methoxy groups -OCH3 is 1. The van der Waals surface area contributed by atoms with Gasteiger partial charge in [0.1, 0.15) is 5.75 Å². The van der Waals surface area contributed by atoms with Gasteiger partial charge in [-0.1, -0.05) is 35.1 Å². The van der Waals surface area contributed by atoms with Crippen LogP contribution in [0.5, 0.6) is 5.75 Å². The van der Waals surface area contributed by atoms with Crippen molar-refractivity contribution in [3.63, 3.8) is 0 Å². The highest BCUT2D eigenvalue weighted by atomic mass is 32.1. The van der Waals surface area contributed by atoms with Crippen LogP contribution in [-0.4, -0.2) is 37.3 Å². The molecule has 1 aliphatic rings. The summed E-state index contributed by atoms with van der Waals surface area (Å²) in [5.74, 6) is 0.846. The van der Waals surface area contributed by atoms with E-state index in [1.54, 1.807) is 7.11 Å². The fourth-order valence-corrected chi connectivity index (χ4v) is 4.74. The van der Waals surface area contributed by atoms with Gasteiger partial charge < -0.3 is 9.47 Å². The maximum Gasteiger partial charge on any atom is 0.233 e. The number of benzene rings is 2. The number of thiazole rings is 1. The fraction of sp³-hybridized carbons (Fsp3) is 0.391. The van der Waals surface area contributed by atoms with E-state index in [0.29, 0.717) is 13.0 Å². The average Bonchev–Trinajstić information content (AvgIpc) is 3.36. The van der Waals surface area contributed by atoms with Crippen molar-refractivity contribution in [1.82, 2.24) is 4.98 Å². The topological polar surface area (TPSA) is 51.7 Å². The normalized spacial score (nSPS) is 16.3. The summed E-state index contributed by atoms with van der Waals surface area (Å²) in [7, 11) is 1.65. The first-order valence-corrected chi connectivity index (χ1v) is 10.8. The number of hydrogen-bond donors (Lipinski definition) is 0. The van der Waals surface area contributed by atoms with E-state index in [-0.39, 0.29) is 12.0 Å². The van der Waals surface area contributed by atoms with E-state index >= 15 is 0 Å². The second-order valence-electron chi connectivity index (χ2n) is 7.58. The molecule has 0 saturated carbocycles. The Morgan fingerprint density at radius 3 is 2.86 bits per heavy atom. The number of carbonyl (C=O) groups excluding carboxylic acids is 1. The van der Waals surface area contributed by atoms with Gasteiger partial charge in [-0.2, -0.15) is 0 Å². The molecule has 1 aliphatic heterocycles. The summed E-state index contributed by atoms with van der Waals surface area (Å²) < 4.78 is 12.2. The summed E-state index contributed by atoms with van der Waals surface area (Å²) in [4.78, 5) is 19.9. The molecule has 1 unspecified atom stereocenters. The fourth-order valence-electron chi connectivity index (χ4n) is 3.72. The quantitative estimate of drug-likeness (QED) is 0.592. The molecular weight excluding hydrogens is 384 g/mol. The summed E-state index contributed by atoms with van der Waals surface area (Å²) in [6, 6.07) is 12.0. The molecule has 2 aromatic carbocycles. The maximum atomic E-state index is 13.4. The minimum absolute atomic E-state index is 0.0541. The molecule has 4 rings (SSSR count). The van der Waals surface area contributed by atoms with Crippen LogP contribution in [0.25, 0.3) is 10.2 Å². The van der Waals surface area contributed by atoms with E-state index in [1.165, 1.54) is 16.9 Å².